The Morgan fingerprint density at radius 1 is 1.28 bits per heavy atom. The largest absolute Gasteiger partial charge is 0.465 e. The van der Waals surface area contributed by atoms with Gasteiger partial charge in [-0.2, -0.15) is 0 Å². The zero-order valence-corrected chi connectivity index (χ0v) is 9.82. The molecule has 0 fully saturated rings. The Morgan fingerprint density at radius 2 is 2.11 bits per heavy atom. The maximum Gasteiger partial charge on any atom is 0.337 e. The number of methoxy groups -OCH3 is 1. The fourth-order valence-corrected chi connectivity index (χ4v) is 2.40. The molecule has 1 aromatic heterocycles. The first-order chi connectivity index (χ1) is 8.70. The Hall–Kier alpha value is -2.36. The highest BCUT2D eigenvalue weighted by Crippen LogP contribution is 2.34. The number of hydrogen-bond acceptors (Lipinski definition) is 3. The first-order valence-electron chi connectivity index (χ1n) is 5.63. The molecule has 0 saturated carbocycles. The number of ether oxygens (including phenoxy) is 1. The summed E-state index contributed by atoms with van der Waals surface area (Å²) in [6, 6.07) is 7.18. The fraction of sp³-hybridized carbons (Fsp3) is 0.143. The number of fused-ring (bicyclic) bond motifs is 3. The number of hydrogen-bond donors (Lipinski definition) is 1. The molecule has 0 unspecified atom stereocenters. The quantitative estimate of drug-likeness (QED) is 0.660. The van der Waals surface area contributed by atoms with Gasteiger partial charge in [0.05, 0.1) is 18.2 Å². The van der Waals surface area contributed by atoms with Crippen molar-refractivity contribution in [2.45, 2.75) is 6.42 Å². The molecule has 3 rings (SSSR count). The average molecular weight is 241 g/mol. The number of H-pyrrole nitrogens is 1. The lowest BCUT2D eigenvalue weighted by Gasteiger charge is -2.03. The van der Waals surface area contributed by atoms with Crippen LogP contribution in [0.3, 0.4) is 0 Å². The zero-order chi connectivity index (χ0) is 12.7. The summed E-state index contributed by atoms with van der Waals surface area (Å²) in [5.41, 5.74) is 4.03. The number of rotatable bonds is 1. The van der Waals surface area contributed by atoms with Gasteiger partial charge in [-0.25, -0.2) is 4.79 Å². The van der Waals surface area contributed by atoms with Crippen LogP contribution < -0.4 is 5.56 Å². The van der Waals surface area contributed by atoms with Gasteiger partial charge in [-0.3, -0.25) is 4.79 Å². The van der Waals surface area contributed by atoms with Crippen LogP contribution in [0, 0.1) is 0 Å². The fourth-order valence-electron chi connectivity index (χ4n) is 2.40. The van der Waals surface area contributed by atoms with E-state index in [0.29, 0.717) is 17.5 Å². The monoisotopic (exact) mass is 241 g/mol. The topological polar surface area (TPSA) is 59.2 Å². The highest BCUT2D eigenvalue weighted by molar-refractivity contribution is 5.91. The molecule has 1 aliphatic carbocycles. The number of nitrogens with one attached hydrogen (secondary N) is 1. The van der Waals surface area contributed by atoms with E-state index in [9.17, 15) is 9.59 Å². The van der Waals surface area contributed by atoms with E-state index >= 15 is 0 Å². The van der Waals surface area contributed by atoms with Gasteiger partial charge in [0, 0.05) is 6.20 Å². The Bertz CT molecular complexity index is 700. The maximum atomic E-state index is 11.8. The molecule has 0 bridgehead atoms. The molecule has 1 N–H and O–H groups in total. The lowest BCUT2D eigenvalue weighted by molar-refractivity contribution is 0.0600. The van der Waals surface area contributed by atoms with E-state index < -0.39 is 0 Å². The Morgan fingerprint density at radius 3 is 2.89 bits per heavy atom. The summed E-state index contributed by atoms with van der Waals surface area (Å²) in [5.74, 6) is -0.359. The van der Waals surface area contributed by atoms with Gasteiger partial charge < -0.3 is 9.72 Å². The molecule has 2 aromatic rings. The summed E-state index contributed by atoms with van der Waals surface area (Å²) in [7, 11) is 1.36. The van der Waals surface area contributed by atoms with Gasteiger partial charge in [-0.05, 0) is 41.3 Å². The molecule has 1 aliphatic rings. The van der Waals surface area contributed by atoms with Crippen LogP contribution in [0.25, 0.3) is 11.1 Å². The summed E-state index contributed by atoms with van der Waals surface area (Å²) >= 11 is 0. The first-order valence-corrected chi connectivity index (χ1v) is 5.63. The van der Waals surface area contributed by atoms with Crippen molar-refractivity contribution in [2.75, 3.05) is 7.11 Å². The summed E-state index contributed by atoms with van der Waals surface area (Å²) in [6.07, 6.45) is 2.33. The van der Waals surface area contributed by atoms with Crippen LogP contribution in [0.5, 0.6) is 0 Å². The van der Waals surface area contributed by atoms with Crippen LogP contribution in [0.15, 0.2) is 35.3 Å². The molecular formula is C14H11NO3. The molecule has 0 radical (unpaired) electrons. The number of pyridine rings is 1. The van der Waals surface area contributed by atoms with Crippen molar-refractivity contribution in [2.24, 2.45) is 0 Å². The van der Waals surface area contributed by atoms with Crippen LogP contribution >= 0.6 is 0 Å². The van der Waals surface area contributed by atoms with Crippen LogP contribution in [-0.4, -0.2) is 18.1 Å². The van der Waals surface area contributed by atoms with Gasteiger partial charge in [0.15, 0.2) is 0 Å². The molecule has 1 heterocycles. The Kier molecular flexibility index (Phi) is 2.30. The third-order valence-corrected chi connectivity index (χ3v) is 3.22. The van der Waals surface area contributed by atoms with E-state index in [1.54, 1.807) is 18.3 Å². The predicted octanol–water partition coefficient (Wildman–Crippen LogP) is 1.73. The van der Waals surface area contributed by atoms with Crippen LogP contribution in [0.1, 0.15) is 21.5 Å². The van der Waals surface area contributed by atoms with E-state index in [4.69, 9.17) is 4.74 Å². The van der Waals surface area contributed by atoms with Crippen molar-refractivity contribution in [3.63, 3.8) is 0 Å². The van der Waals surface area contributed by atoms with Crippen LogP contribution in [-0.2, 0) is 11.2 Å². The van der Waals surface area contributed by atoms with Gasteiger partial charge in [0.25, 0.3) is 5.56 Å². The van der Waals surface area contributed by atoms with Crippen molar-refractivity contribution >= 4 is 5.97 Å². The number of esters is 1. The van der Waals surface area contributed by atoms with Crippen molar-refractivity contribution in [3.05, 3.63) is 57.5 Å². The van der Waals surface area contributed by atoms with E-state index in [0.717, 1.165) is 16.7 Å². The van der Waals surface area contributed by atoms with E-state index in [1.807, 2.05) is 12.1 Å². The smallest absolute Gasteiger partial charge is 0.337 e. The lowest BCUT2D eigenvalue weighted by Crippen LogP contribution is -2.07. The summed E-state index contributed by atoms with van der Waals surface area (Å²) < 4.78 is 4.69. The minimum Gasteiger partial charge on any atom is -0.465 e. The van der Waals surface area contributed by atoms with Crippen LogP contribution in [0.4, 0.5) is 0 Å². The molecule has 0 aliphatic heterocycles. The predicted molar refractivity (Wildman–Crippen MR) is 66.6 cm³/mol. The second-order valence-corrected chi connectivity index (χ2v) is 4.25. The normalized spacial score (nSPS) is 11.8. The van der Waals surface area contributed by atoms with Gasteiger partial charge in [0.1, 0.15) is 0 Å². The third-order valence-electron chi connectivity index (χ3n) is 3.22. The molecule has 4 nitrogen and oxygen atoms in total. The lowest BCUT2D eigenvalue weighted by atomic mass is 10.0. The standard InChI is InChI=1S/C14H11NO3/c1-18-14(17)9-2-3-11-10(7-9)6-8-4-5-15-13(16)12(8)11/h2-5,7H,6H2,1H3,(H,15,16). The molecule has 4 heteroatoms. The van der Waals surface area contributed by atoms with Crippen molar-refractivity contribution in [3.8, 4) is 11.1 Å². The minimum absolute atomic E-state index is 0.0860. The van der Waals surface area contributed by atoms with Crippen molar-refractivity contribution < 1.29 is 9.53 Å². The third kappa shape index (κ3) is 1.46. The van der Waals surface area contributed by atoms with E-state index in [-0.39, 0.29) is 11.5 Å². The van der Waals surface area contributed by atoms with Crippen molar-refractivity contribution in [1.29, 1.82) is 0 Å². The number of aromatic amines is 1. The van der Waals surface area contributed by atoms with Gasteiger partial charge in [0.2, 0.25) is 0 Å². The number of aromatic nitrogens is 1. The molecule has 1 aromatic carbocycles. The molecule has 0 saturated heterocycles. The second-order valence-electron chi connectivity index (χ2n) is 4.25. The first kappa shape index (κ1) is 10.8. The number of carbonyl (C=O) groups excluding carboxylic acids is 1. The highest BCUT2D eigenvalue weighted by Gasteiger charge is 2.22. The molecular weight excluding hydrogens is 230 g/mol. The Balaban J connectivity index is 2.17. The molecule has 0 spiro atoms. The molecule has 0 amide bonds. The minimum atomic E-state index is -0.359. The van der Waals surface area contributed by atoms with Gasteiger partial charge in [-0.15, -0.1) is 0 Å². The molecule has 90 valence electrons. The van der Waals surface area contributed by atoms with Gasteiger partial charge >= 0.3 is 5.97 Å². The van der Waals surface area contributed by atoms with Crippen molar-refractivity contribution in [1.82, 2.24) is 4.98 Å². The summed E-state index contributed by atoms with van der Waals surface area (Å²) in [5, 5.41) is 0. The number of carbonyl (C=O) groups is 1. The average Bonchev–Trinajstić information content (AvgIpc) is 2.76. The van der Waals surface area contributed by atoms with Gasteiger partial charge in [-0.1, -0.05) is 6.07 Å². The number of benzene rings is 1. The van der Waals surface area contributed by atoms with E-state index in [1.165, 1.54) is 7.11 Å². The van der Waals surface area contributed by atoms with E-state index in [2.05, 4.69) is 4.98 Å². The molecule has 0 atom stereocenters. The SMILES string of the molecule is COC(=O)c1ccc2c(c1)Cc1cc[nH]c(=O)c1-2. The zero-order valence-electron chi connectivity index (χ0n) is 9.82. The second kappa shape index (κ2) is 3.84. The summed E-state index contributed by atoms with van der Waals surface area (Å²) in [6.45, 7) is 0. The van der Waals surface area contributed by atoms with Crippen LogP contribution in [0.2, 0.25) is 0 Å². The maximum absolute atomic E-state index is 11.8. The molecule has 18 heavy (non-hydrogen) atoms. The highest BCUT2D eigenvalue weighted by atomic mass is 16.5. The summed E-state index contributed by atoms with van der Waals surface area (Å²) in [4.78, 5) is 25.9. The Labute approximate surface area is 103 Å².